The molecule has 3 rings (SSSR count). The number of fused-ring (bicyclic) bond motifs is 1. The molecule has 0 fully saturated rings. The Morgan fingerprint density at radius 1 is 0.909 bits per heavy atom. The summed E-state index contributed by atoms with van der Waals surface area (Å²) in [6.07, 6.45) is 0. The number of carbonyl (C=O) groups excluding carboxylic acids is 2. The monoisotopic (exact) mass is 295 g/mol. The first-order chi connectivity index (χ1) is 10.6. The summed E-state index contributed by atoms with van der Waals surface area (Å²) in [5.41, 5.74) is 3.48. The Morgan fingerprint density at radius 3 is 2.05 bits per heavy atom. The van der Waals surface area contributed by atoms with Gasteiger partial charge < -0.3 is 4.90 Å². The van der Waals surface area contributed by atoms with E-state index in [1.807, 2.05) is 19.2 Å². The van der Waals surface area contributed by atoms with Crippen LogP contribution in [-0.4, -0.2) is 30.4 Å². The lowest BCUT2D eigenvalue weighted by atomic mass is 10.1. The van der Waals surface area contributed by atoms with Crippen molar-refractivity contribution >= 4 is 11.8 Å². The van der Waals surface area contributed by atoms with Crippen molar-refractivity contribution in [1.82, 2.24) is 4.90 Å². The molecular formula is C18H19N2O2+. The maximum Gasteiger partial charge on any atom is 0.265 e. The number of hydrogen-bond donors (Lipinski definition) is 1. The van der Waals surface area contributed by atoms with Gasteiger partial charge in [0.25, 0.3) is 11.8 Å². The van der Waals surface area contributed by atoms with E-state index in [9.17, 15) is 9.59 Å². The first-order valence-electron chi connectivity index (χ1n) is 7.39. The molecule has 0 radical (unpaired) electrons. The Labute approximate surface area is 130 Å². The van der Waals surface area contributed by atoms with Crippen LogP contribution in [0.5, 0.6) is 0 Å². The zero-order valence-corrected chi connectivity index (χ0v) is 12.8. The van der Waals surface area contributed by atoms with Crippen LogP contribution in [0.4, 0.5) is 0 Å². The Balaban J connectivity index is 1.73. The second kappa shape index (κ2) is 5.73. The molecule has 1 unspecified atom stereocenters. The summed E-state index contributed by atoms with van der Waals surface area (Å²) >= 11 is 0. The lowest BCUT2D eigenvalue weighted by Gasteiger charge is -2.20. The van der Waals surface area contributed by atoms with E-state index < -0.39 is 0 Å². The Kier molecular flexibility index (Phi) is 3.77. The van der Waals surface area contributed by atoms with E-state index in [0.29, 0.717) is 17.8 Å². The molecule has 1 heterocycles. The minimum atomic E-state index is -0.190. The van der Waals surface area contributed by atoms with Crippen LogP contribution in [0.3, 0.4) is 0 Å². The van der Waals surface area contributed by atoms with E-state index >= 15 is 0 Å². The van der Waals surface area contributed by atoms with Crippen LogP contribution in [0.15, 0.2) is 48.5 Å². The van der Waals surface area contributed by atoms with Gasteiger partial charge in [-0.3, -0.25) is 9.59 Å². The molecule has 1 N–H and O–H groups in total. The summed E-state index contributed by atoms with van der Waals surface area (Å²) in [6.45, 7) is 3.23. The number of benzene rings is 2. The molecule has 0 aliphatic carbocycles. The molecule has 0 aromatic heterocycles. The second-order valence-electron chi connectivity index (χ2n) is 5.80. The van der Waals surface area contributed by atoms with Crippen molar-refractivity contribution in [1.29, 1.82) is 0 Å². The fourth-order valence-corrected chi connectivity index (χ4v) is 2.84. The Hall–Kier alpha value is -2.46. The Bertz CT molecular complexity index is 704. The van der Waals surface area contributed by atoms with Gasteiger partial charge in [-0.1, -0.05) is 36.4 Å². The van der Waals surface area contributed by atoms with Gasteiger partial charge in [-0.05, 0) is 24.6 Å². The molecule has 4 nitrogen and oxygen atoms in total. The SMILES string of the molecule is Cc1ccccc1C[NH+](C)CN1C(=O)c2ccccc2C1=O. The lowest BCUT2D eigenvalue weighted by Crippen LogP contribution is -3.09. The normalized spacial score (nSPS) is 15.1. The van der Waals surface area contributed by atoms with Crippen LogP contribution in [0.1, 0.15) is 31.8 Å². The smallest absolute Gasteiger partial charge is 0.265 e. The predicted octanol–water partition coefficient (Wildman–Crippen LogP) is 1.26. The summed E-state index contributed by atoms with van der Waals surface area (Å²) < 4.78 is 0. The number of aryl methyl sites for hydroxylation is 1. The zero-order chi connectivity index (χ0) is 15.7. The molecule has 22 heavy (non-hydrogen) atoms. The maximum atomic E-state index is 12.4. The highest BCUT2D eigenvalue weighted by atomic mass is 16.2. The average molecular weight is 295 g/mol. The van der Waals surface area contributed by atoms with Gasteiger partial charge in [0.05, 0.1) is 18.2 Å². The first kappa shape index (κ1) is 14.5. The van der Waals surface area contributed by atoms with Gasteiger partial charge in [0.15, 0.2) is 6.67 Å². The highest BCUT2D eigenvalue weighted by Crippen LogP contribution is 2.21. The van der Waals surface area contributed by atoms with Gasteiger partial charge in [0.2, 0.25) is 0 Å². The number of nitrogens with zero attached hydrogens (tertiary/aromatic N) is 1. The van der Waals surface area contributed by atoms with E-state index in [1.54, 1.807) is 24.3 Å². The van der Waals surface area contributed by atoms with E-state index in [1.165, 1.54) is 16.0 Å². The molecule has 0 saturated carbocycles. The molecule has 0 spiro atoms. The third kappa shape index (κ3) is 2.53. The number of hydrogen-bond acceptors (Lipinski definition) is 2. The van der Waals surface area contributed by atoms with Crippen molar-refractivity contribution in [3.05, 3.63) is 70.8 Å². The van der Waals surface area contributed by atoms with Crippen molar-refractivity contribution < 1.29 is 14.5 Å². The maximum absolute atomic E-state index is 12.4. The van der Waals surface area contributed by atoms with Gasteiger partial charge in [-0.2, -0.15) is 0 Å². The van der Waals surface area contributed by atoms with Crippen molar-refractivity contribution in [3.63, 3.8) is 0 Å². The molecule has 1 aliphatic heterocycles. The van der Waals surface area contributed by atoms with Crippen LogP contribution in [0.25, 0.3) is 0 Å². The number of carbonyl (C=O) groups is 2. The van der Waals surface area contributed by atoms with Gasteiger partial charge in [-0.25, -0.2) is 4.90 Å². The molecule has 2 aromatic rings. The number of nitrogens with one attached hydrogen (secondary N) is 1. The highest BCUT2D eigenvalue weighted by Gasteiger charge is 2.36. The summed E-state index contributed by atoms with van der Waals surface area (Å²) in [7, 11) is 2.00. The van der Waals surface area contributed by atoms with Crippen molar-refractivity contribution in [2.75, 3.05) is 13.7 Å². The standard InChI is InChI=1S/C18H18N2O2/c1-13-7-3-4-8-14(13)11-19(2)12-20-17(21)15-9-5-6-10-16(15)18(20)22/h3-10H,11-12H2,1-2H3/p+1. The first-order valence-corrected chi connectivity index (χ1v) is 7.39. The quantitative estimate of drug-likeness (QED) is 0.863. The molecule has 112 valence electrons. The summed E-state index contributed by atoms with van der Waals surface area (Å²) in [4.78, 5) is 27.2. The van der Waals surface area contributed by atoms with Crippen molar-refractivity contribution in [2.45, 2.75) is 13.5 Å². The van der Waals surface area contributed by atoms with E-state index in [0.717, 1.165) is 11.4 Å². The molecule has 2 aromatic carbocycles. The molecular weight excluding hydrogens is 276 g/mol. The third-order valence-electron chi connectivity index (χ3n) is 4.06. The number of rotatable bonds is 4. The van der Waals surface area contributed by atoms with Crippen LogP contribution in [-0.2, 0) is 6.54 Å². The van der Waals surface area contributed by atoms with E-state index in [-0.39, 0.29) is 11.8 Å². The fraction of sp³-hybridized carbons (Fsp3) is 0.222. The lowest BCUT2D eigenvalue weighted by molar-refractivity contribution is -0.901. The minimum Gasteiger partial charge on any atom is -0.316 e. The largest absolute Gasteiger partial charge is 0.316 e. The molecule has 0 saturated heterocycles. The third-order valence-corrected chi connectivity index (χ3v) is 4.06. The molecule has 0 bridgehead atoms. The van der Waals surface area contributed by atoms with Crippen LogP contribution in [0.2, 0.25) is 0 Å². The van der Waals surface area contributed by atoms with Crippen molar-refractivity contribution in [3.8, 4) is 0 Å². The van der Waals surface area contributed by atoms with E-state index in [4.69, 9.17) is 0 Å². The van der Waals surface area contributed by atoms with Crippen LogP contribution in [0, 0.1) is 6.92 Å². The molecule has 2 amide bonds. The summed E-state index contributed by atoms with van der Waals surface area (Å²) in [5, 5.41) is 0. The average Bonchev–Trinajstić information content (AvgIpc) is 2.75. The predicted molar refractivity (Wildman–Crippen MR) is 83.6 cm³/mol. The van der Waals surface area contributed by atoms with Gasteiger partial charge >= 0.3 is 0 Å². The van der Waals surface area contributed by atoms with Crippen LogP contribution < -0.4 is 4.90 Å². The topological polar surface area (TPSA) is 41.8 Å². The fourth-order valence-electron chi connectivity index (χ4n) is 2.84. The zero-order valence-electron chi connectivity index (χ0n) is 12.8. The van der Waals surface area contributed by atoms with Crippen molar-refractivity contribution in [2.24, 2.45) is 0 Å². The second-order valence-corrected chi connectivity index (χ2v) is 5.80. The van der Waals surface area contributed by atoms with E-state index in [2.05, 4.69) is 19.1 Å². The summed E-state index contributed by atoms with van der Waals surface area (Å²) in [6, 6.07) is 15.2. The number of amides is 2. The molecule has 1 atom stereocenters. The minimum absolute atomic E-state index is 0.190. The molecule has 4 heteroatoms. The Morgan fingerprint density at radius 2 is 1.45 bits per heavy atom. The number of imide groups is 1. The number of quaternary nitrogens is 1. The van der Waals surface area contributed by atoms with Crippen LogP contribution >= 0.6 is 0 Å². The van der Waals surface area contributed by atoms with Gasteiger partial charge in [-0.15, -0.1) is 0 Å². The highest BCUT2D eigenvalue weighted by molar-refractivity contribution is 6.21. The summed E-state index contributed by atoms with van der Waals surface area (Å²) in [5.74, 6) is -0.380. The van der Waals surface area contributed by atoms with Gasteiger partial charge in [0.1, 0.15) is 6.54 Å². The van der Waals surface area contributed by atoms with Gasteiger partial charge in [0, 0.05) is 5.56 Å². The molecule has 1 aliphatic rings.